The van der Waals surface area contributed by atoms with Crippen molar-refractivity contribution in [2.45, 2.75) is 32.7 Å². The molecule has 1 aliphatic rings. The van der Waals surface area contributed by atoms with Crippen molar-refractivity contribution < 1.29 is 4.79 Å². The van der Waals surface area contributed by atoms with Gasteiger partial charge >= 0.3 is 0 Å². The number of carbonyl (C=O) groups is 1. The van der Waals surface area contributed by atoms with Crippen LogP contribution in [0.15, 0.2) is 59.8 Å². The maximum absolute atomic E-state index is 12.0. The molecule has 0 saturated carbocycles. The number of carbonyl (C=O) groups excluding carboxylic acids is 1. The third-order valence-electron chi connectivity index (χ3n) is 5.32. The molecule has 5 nitrogen and oxygen atoms in total. The zero-order chi connectivity index (χ0) is 19.8. The van der Waals surface area contributed by atoms with Crippen molar-refractivity contribution in [1.82, 2.24) is 9.55 Å². The van der Waals surface area contributed by atoms with Crippen LogP contribution in [-0.4, -0.2) is 22.5 Å². The molecule has 0 atom stereocenters. The lowest BCUT2D eigenvalue weighted by molar-refractivity contribution is -0.118. The normalized spacial score (nSPS) is 13.7. The topological polar surface area (TPSA) is 55.2 Å². The van der Waals surface area contributed by atoms with E-state index in [9.17, 15) is 9.59 Å². The molecule has 1 amide bonds. The molecule has 0 radical (unpaired) electrons. The van der Waals surface area contributed by atoms with Crippen LogP contribution < -0.4 is 10.5 Å². The van der Waals surface area contributed by atoms with Gasteiger partial charge in [-0.15, -0.1) is 0 Å². The Bertz CT molecular complexity index is 1110. The molecule has 0 bridgehead atoms. The summed E-state index contributed by atoms with van der Waals surface area (Å²) in [6, 6.07) is 11.8. The molecule has 0 spiro atoms. The van der Waals surface area contributed by atoms with Crippen LogP contribution in [0.5, 0.6) is 0 Å². The Balaban J connectivity index is 1.73. The number of nitrogens with zero attached hydrogens (tertiary/aromatic N) is 3. The number of anilines is 1. The van der Waals surface area contributed by atoms with E-state index in [0.717, 1.165) is 34.4 Å². The molecule has 1 aromatic carbocycles. The third-order valence-corrected chi connectivity index (χ3v) is 5.32. The molecular formula is C23H23N3O2. The average molecular weight is 373 g/mol. The molecule has 0 aliphatic carbocycles. The van der Waals surface area contributed by atoms with Crippen LogP contribution in [0.3, 0.4) is 0 Å². The highest BCUT2D eigenvalue weighted by atomic mass is 16.2. The van der Waals surface area contributed by atoms with Crippen molar-refractivity contribution >= 4 is 11.6 Å². The lowest BCUT2D eigenvalue weighted by atomic mass is 9.96. The van der Waals surface area contributed by atoms with Crippen LogP contribution >= 0.6 is 0 Å². The molecule has 3 heterocycles. The minimum absolute atomic E-state index is 0.00350. The van der Waals surface area contributed by atoms with Crippen LogP contribution in [0.1, 0.15) is 31.9 Å². The second-order valence-corrected chi connectivity index (χ2v) is 7.52. The Morgan fingerprint density at radius 1 is 0.893 bits per heavy atom. The van der Waals surface area contributed by atoms with Gasteiger partial charge in [-0.1, -0.05) is 6.07 Å². The summed E-state index contributed by atoms with van der Waals surface area (Å²) in [5.74, 6) is 0.157. The lowest BCUT2D eigenvalue weighted by Gasteiger charge is -2.26. The molecule has 28 heavy (non-hydrogen) atoms. The van der Waals surface area contributed by atoms with Gasteiger partial charge < -0.3 is 9.47 Å². The van der Waals surface area contributed by atoms with Crippen molar-refractivity contribution in [1.29, 1.82) is 0 Å². The van der Waals surface area contributed by atoms with Crippen molar-refractivity contribution in [3.8, 4) is 22.3 Å². The molecule has 3 aromatic rings. The van der Waals surface area contributed by atoms with Crippen LogP contribution in [0, 0.1) is 0 Å². The fourth-order valence-corrected chi connectivity index (χ4v) is 3.67. The van der Waals surface area contributed by atoms with Crippen molar-refractivity contribution in [3.63, 3.8) is 0 Å². The predicted molar refractivity (Wildman–Crippen MR) is 111 cm³/mol. The van der Waals surface area contributed by atoms with E-state index in [4.69, 9.17) is 0 Å². The van der Waals surface area contributed by atoms with Crippen molar-refractivity contribution in [3.05, 3.63) is 70.9 Å². The summed E-state index contributed by atoms with van der Waals surface area (Å²) in [4.78, 5) is 30.1. The first-order valence-corrected chi connectivity index (χ1v) is 9.51. The second-order valence-electron chi connectivity index (χ2n) is 7.52. The van der Waals surface area contributed by atoms with Crippen LogP contribution in [-0.2, 0) is 11.2 Å². The van der Waals surface area contributed by atoms with Gasteiger partial charge in [0.15, 0.2) is 0 Å². The zero-order valence-electron chi connectivity index (χ0n) is 16.3. The van der Waals surface area contributed by atoms with E-state index in [1.165, 1.54) is 5.56 Å². The highest BCUT2D eigenvalue weighted by Crippen LogP contribution is 2.32. The second kappa shape index (κ2) is 7.08. The molecule has 5 heteroatoms. The maximum Gasteiger partial charge on any atom is 0.250 e. The average Bonchev–Trinajstić information content (AvgIpc) is 2.71. The Morgan fingerprint density at radius 3 is 2.36 bits per heavy atom. The first-order valence-electron chi connectivity index (χ1n) is 9.51. The molecule has 2 aromatic heterocycles. The maximum atomic E-state index is 12.0. The number of pyridine rings is 2. The summed E-state index contributed by atoms with van der Waals surface area (Å²) in [6.45, 7) is 3.99. The van der Waals surface area contributed by atoms with Crippen LogP contribution in [0.25, 0.3) is 22.3 Å². The Morgan fingerprint density at radius 2 is 1.61 bits per heavy atom. The Labute approximate surface area is 164 Å². The van der Waals surface area contributed by atoms with E-state index >= 15 is 0 Å². The SMILES string of the molecule is CC(C)n1cc(-c2cncc(-c3ccc4c(c3)CCC(=O)N4C)c2)ccc1=O. The van der Waals surface area contributed by atoms with Gasteiger partial charge in [-0.2, -0.15) is 0 Å². The summed E-state index contributed by atoms with van der Waals surface area (Å²) in [6.07, 6.45) is 6.86. The van der Waals surface area contributed by atoms with E-state index < -0.39 is 0 Å². The summed E-state index contributed by atoms with van der Waals surface area (Å²) in [5, 5.41) is 0. The monoisotopic (exact) mass is 373 g/mol. The summed E-state index contributed by atoms with van der Waals surface area (Å²) < 4.78 is 1.73. The van der Waals surface area contributed by atoms with Crippen molar-refractivity contribution in [2.75, 3.05) is 11.9 Å². The summed E-state index contributed by atoms with van der Waals surface area (Å²) >= 11 is 0. The predicted octanol–water partition coefficient (Wildman–Crippen LogP) is 4.07. The molecule has 4 rings (SSSR count). The standard InChI is InChI=1S/C23H23N3O2/c1-15(2)26-14-18(6-9-23(26)28)20-11-19(12-24-13-20)16-4-7-21-17(10-16)5-8-22(27)25(21)3/h4,6-7,9-15H,5,8H2,1-3H3. The van der Waals surface area contributed by atoms with Crippen molar-refractivity contribution in [2.24, 2.45) is 0 Å². The van der Waals surface area contributed by atoms with E-state index in [1.54, 1.807) is 15.5 Å². The first-order chi connectivity index (χ1) is 13.4. The van der Waals surface area contributed by atoms with Gasteiger partial charge in [-0.05, 0) is 61.2 Å². The minimum Gasteiger partial charge on any atom is -0.315 e. The molecule has 1 aliphatic heterocycles. The van der Waals surface area contributed by atoms with Gasteiger partial charge in [0, 0.05) is 61.0 Å². The Hall–Kier alpha value is -3.21. The molecule has 142 valence electrons. The highest BCUT2D eigenvalue weighted by Gasteiger charge is 2.21. The smallest absolute Gasteiger partial charge is 0.250 e. The van der Waals surface area contributed by atoms with E-state index in [1.807, 2.05) is 57.7 Å². The van der Waals surface area contributed by atoms with Gasteiger partial charge in [-0.3, -0.25) is 14.6 Å². The fourth-order valence-electron chi connectivity index (χ4n) is 3.67. The number of rotatable bonds is 3. The largest absolute Gasteiger partial charge is 0.315 e. The number of amides is 1. The van der Waals surface area contributed by atoms with E-state index in [0.29, 0.717) is 6.42 Å². The number of hydrogen-bond acceptors (Lipinski definition) is 3. The number of benzene rings is 1. The molecule has 0 saturated heterocycles. The first kappa shape index (κ1) is 18.2. The van der Waals surface area contributed by atoms with E-state index in [2.05, 4.69) is 17.1 Å². The van der Waals surface area contributed by atoms with Gasteiger partial charge in [0.25, 0.3) is 5.56 Å². The molecule has 0 N–H and O–H groups in total. The molecule has 0 unspecified atom stereocenters. The molecular weight excluding hydrogens is 350 g/mol. The van der Waals surface area contributed by atoms with Gasteiger partial charge in [0.2, 0.25) is 5.91 Å². The number of aryl methyl sites for hydroxylation is 1. The number of aromatic nitrogens is 2. The fraction of sp³-hybridized carbons (Fsp3) is 0.261. The highest BCUT2D eigenvalue weighted by molar-refractivity contribution is 5.96. The van der Waals surface area contributed by atoms with Crippen LogP contribution in [0.4, 0.5) is 5.69 Å². The quantitative estimate of drug-likeness (QED) is 0.695. The lowest BCUT2D eigenvalue weighted by Crippen LogP contribution is -2.30. The number of hydrogen-bond donors (Lipinski definition) is 0. The summed E-state index contributed by atoms with van der Waals surface area (Å²) in [7, 11) is 1.83. The van der Waals surface area contributed by atoms with Crippen LogP contribution in [0.2, 0.25) is 0 Å². The van der Waals surface area contributed by atoms with E-state index in [-0.39, 0.29) is 17.5 Å². The Kier molecular flexibility index (Phi) is 4.59. The summed E-state index contributed by atoms with van der Waals surface area (Å²) in [5.41, 5.74) is 6.18. The minimum atomic E-state index is -0.00350. The van der Waals surface area contributed by atoms with Gasteiger partial charge in [0.05, 0.1) is 0 Å². The third kappa shape index (κ3) is 3.24. The number of fused-ring (bicyclic) bond motifs is 1. The zero-order valence-corrected chi connectivity index (χ0v) is 16.3. The molecule has 0 fully saturated rings. The van der Waals surface area contributed by atoms with Gasteiger partial charge in [0.1, 0.15) is 0 Å². The van der Waals surface area contributed by atoms with Gasteiger partial charge in [-0.25, -0.2) is 0 Å².